The molecule has 3 rings (SSSR count). The Morgan fingerprint density at radius 3 is 2.58 bits per heavy atom. The Morgan fingerprint density at radius 2 is 1.83 bits per heavy atom. The molecule has 128 valence electrons. The molecule has 1 saturated heterocycles. The summed E-state index contributed by atoms with van der Waals surface area (Å²) in [6, 6.07) is 14.7. The Morgan fingerprint density at radius 1 is 1.08 bits per heavy atom. The first kappa shape index (κ1) is 17.7. The van der Waals surface area contributed by atoms with Crippen LogP contribution in [0.2, 0.25) is 0 Å². The summed E-state index contributed by atoms with van der Waals surface area (Å²) in [5.74, 6) is 0.791. The van der Waals surface area contributed by atoms with E-state index in [1.807, 2.05) is 30.3 Å². The maximum absolute atomic E-state index is 12.7. The third-order valence-corrected chi connectivity index (χ3v) is 6.52. The molecule has 0 N–H and O–H groups in total. The van der Waals surface area contributed by atoms with E-state index in [0.29, 0.717) is 37.8 Å². The molecule has 0 radical (unpaired) electrons. The van der Waals surface area contributed by atoms with Crippen LogP contribution in [0.5, 0.6) is 5.75 Å². The predicted octanol–water partition coefficient (Wildman–Crippen LogP) is 2.89. The summed E-state index contributed by atoms with van der Waals surface area (Å²) in [4.78, 5) is 0.299. The average Bonchev–Trinajstić information content (AvgIpc) is 2.62. The normalized spacial score (nSPS) is 16.0. The van der Waals surface area contributed by atoms with E-state index in [1.54, 1.807) is 18.2 Å². The lowest BCUT2D eigenvalue weighted by Gasteiger charge is -2.26. The number of benzene rings is 2. The molecule has 1 fully saturated rings. The molecule has 7 heteroatoms. The highest BCUT2D eigenvalue weighted by Crippen LogP contribution is 2.22. The number of hydrogen-bond donors (Lipinski definition) is 0. The van der Waals surface area contributed by atoms with E-state index in [1.165, 1.54) is 4.31 Å². The van der Waals surface area contributed by atoms with Gasteiger partial charge in [-0.25, -0.2) is 8.42 Å². The zero-order valence-corrected chi connectivity index (χ0v) is 16.0. The summed E-state index contributed by atoms with van der Waals surface area (Å²) in [6.07, 6.45) is 0. The monoisotopic (exact) mass is 459 g/mol. The third kappa shape index (κ3) is 4.08. The molecule has 1 aliphatic rings. The second kappa shape index (κ2) is 7.81. The van der Waals surface area contributed by atoms with Crippen LogP contribution in [-0.4, -0.2) is 39.0 Å². The van der Waals surface area contributed by atoms with E-state index in [0.717, 1.165) is 14.9 Å². The number of halogens is 1. The molecule has 5 nitrogen and oxygen atoms in total. The topological polar surface area (TPSA) is 55.8 Å². The molecule has 0 aliphatic carbocycles. The number of ether oxygens (including phenoxy) is 2. The minimum absolute atomic E-state index is 0.299. The molecular weight excluding hydrogens is 441 g/mol. The molecule has 0 unspecified atom stereocenters. The van der Waals surface area contributed by atoms with Crippen molar-refractivity contribution in [3.63, 3.8) is 0 Å². The van der Waals surface area contributed by atoms with E-state index in [9.17, 15) is 8.42 Å². The summed E-state index contributed by atoms with van der Waals surface area (Å²) < 4.78 is 38.9. The minimum atomic E-state index is -3.48. The predicted molar refractivity (Wildman–Crippen MR) is 99.5 cm³/mol. The second-order valence-corrected chi connectivity index (χ2v) is 8.48. The highest BCUT2D eigenvalue weighted by molar-refractivity contribution is 14.1. The Bertz CT molecular complexity index is 804. The molecule has 1 heterocycles. The van der Waals surface area contributed by atoms with E-state index in [-0.39, 0.29) is 0 Å². The van der Waals surface area contributed by atoms with Crippen LogP contribution in [0.4, 0.5) is 0 Å². The van der Waals surface area contributed by atoms with Crippen LogP contribution < -0.4 is 4.74 Å². The van der Waals surface area contributed by atoms with Gasteiger partial charge in [0.25, 0.3) is 0 Å². The summed E-state index contributed by atoms with van der Waals surface area (Å²) >= 11 is 2.21. The molecule has 2 aromatic carbocycles. The number of morpholine rings is 1. The molecule has 2 aromatic rings. The molecule has 0 aromatic heterocycles. The largest absolute Gasteiger partial charge is 0.488 e. The molecule has 0 atom stereocenters. The first-order chi connectivity index (χ1) is 11.6. The zero-order chi connectivity index (χ0) is 17.0. The highest BCUT2D eigenvalue weighted by atomic mass is 127. The van der Waals surface area contributed by atoms with Crippen LogP contribution in [0, 0.1) is 3.57 Å². The molecule has 1 aliphatic heterocycles. The average molecular weight is 459 g/mol. The quantitative estimate of drug-likeness (QED) is 0.646. The van der Waals surface area contributed by atoms with Crippen molar-refractivity contribution in [2.24, 2.45) is 0 Å². The fourth-order valence-electron chi connectivity index (χ4n) is 2.45. The number of sulfonamides is 1. The van der Waals surface area contributed by atoms with Crippen LogP contribution in [0.15, 0.2) is 53.4 Å². The van der Waals surface area contributed by atoms with Crippen molar-refractivity contribution in [2.45, 2.75) is 11.5 Å². The first-order valence-corrected chi connectivity index (χ1v) is 10.1. The van der Waals surface area contributed by atoms with Crippen molar-refractivity contribution < 1.29 is 17.9 Å². The van der Waals surface area contributed by atoms with E-state index < -0.39 is 10.0 Å². The van der Waals surface area contributed by atoms with Crippen LogP contribution in [0.25, 0.3) is 0 Å². The van der Waals surface area contributed by atoms with Crippen LogP contribution in [0.1, 0.15) is 5.56 Å². The van der Waals surface area contributed by atoms with Crippen molar-refractivity contribution in [3.8, 4) is 5.75 Å². The number of nitrogens with zero attached hydrogens (tertiary/aromatic N) is 1. The van der Waals surface area contributed by atoms with Gasteiger partial charge < -0.3 is 9.47 Å². The van der Waals surface area contributed by atoms with Gasteiger partial charge in [0.05, 0.1) is 21.7 Å². The van der Waals surface area contributed by atoms with Gasteiger partial charge in [0.2, 0.25) is 10.0 Å². The van der Waals surface area contributed by atoms with Gasteiger partial charge in [0.15, 0.2) is 0 Å². The van der Waals surface area contributed by atoms with Gasteiger partial charge in [0, 0.05) is 13.1 Å². The van der Waals surface area contributed by atoms with Crippen molar-refractivity contribution >= 4 is 32.6 Å². The summed E-state index contributed by atoms with van der Waals surface area (Å²) in [5.41, 5.74) is 0.823. The van der Waals surface area contributed by atoms with Gasteiger partial charge in [-0.1, -0.05) is 24.3 Å². The Kier molecular flexibility index (Phi) is 5.75. The Balaban J connectivity index is 1.75. The molecule has 0 bridgehead atoms. The number of rotatable bonds is 5. The first-order valence-electron chi connectivity index (χ1n) is 7.61. The fourth-order valence-corrected chi connectivity index (χ4v) is 4.48. The van der Waals surface area contributed by atoms with Crippen molar-refractivity contribution in [1.82, 2.24) is 4.31 Å². The van der Waals surface area contributed by atoms with Crippen molar-refractivity contribution in [1.29, 1.82) is 0 Å². The number of para-hydroxylation sites is 1. The van der Waals surface area contributed by atoms with E-state index >= 15 is 0 Å². The maximum atomic E-state index is 12.7. The molecule has 24 heavy (non-hydrogen) atoms. The van der Waals surface area contributed by atoms with Gasteiger partial charge in [-0.05, 0) is 52.4 Å². The van der Waals surface area contributed by atoms with E-state index in [2.05, 4.69) is 22.6 Å². The van der Waals surface area contributed by atoms with Gasteiger partial charge in [-0.2, -0.15) is 4.31 Å². The van der Waals surface area contributed by atoms with Crippen molar-refractivity contribution in [3.05, 3.63) is 57.7 Å². The van der Waals surface area contributed by atoms with Gasteiger partial charge in [0.1, 0.15) is 12.4 Å². The number of hydrogen-bond acceptors (Lipinski definition) is 4. The molecular formula is C17H18INO4S. The minimum Gasteiger partial charge on any atom is -0.488 e. The lowest BCUT2D eigenvalue weighted by molar-refractivity contribution is 0.0730. The third-order valence-electron chi connectivity index (χ3n) is 3.74. The summed E-state index contributed by atoms with van der Waals surface area (Å²) in [6.45, 7) is 1.99. The van der Waals surface area contributed by atoms with Gasteiger partial charge in [-0.15, -0.1) is 0 Å². The van der Waals surface area contributed by atoms with E-state index in [4.69, 9.17) is 9.47 Å². The van der Waals surface area contributed by atoms with Crippen LogP contribution >= 0.6 is 22.6 Å². The Labute approximate surface area is 155 Å². The summed E-state index contributed by atoms with van der Waals surface area (Å²) in [7, 11) is -3.48. The fraction of sp³-hybridized carbons (Fsp3) is 0.294. The lowest BCUT2D eigenvalue weighted by atomic mass is 10.2. The van der Waals surface area contributed by atoms with Crippen LogP contribution in [0.3, 0.4) is 0 Å². The smallest absolute Gasteiger partial charge is 0.243 e. The summed E-state index contributed by atoms with van der Waals surface area (Å²) in [5, 5.41) is 0. The zero-order valence-electron chi connectivity index (χ0n) is 13.0. The molecule has 0 spiro atoms. The molecule has 0 saturated carbocycles. The van der Waals surface area contributed by atoms with Crippen molar-refractivity contribution in [2.75, 3.05) is 26.3 Å². The standard InChI is InChI=1S/C17H18INO4S/c18-16-6-1-2-7-17(16)23-13-14-4-3-5-15(12-14)24(20,21)19-8-10-22-11-9-19/h1-7,12H,8-11,13H2. The maximum Gasteiger partial charge on any atom is 0.243 e. The van der Waals surface area contributed by atoms with Crippen LogP contribution in [-0.2, 0) is 21.4 Å². The molecule has 0 amide bonds. The lowest BCUT2D eigenvalue weighted by Crippen LogP contribution is -2.40. The van der Waals surface area contributed by atoms with Gasteiger partial charge >= 0.3 is 0 Å². The SMILES string of the molecule is O=S(=O)(c1cccc(COc2ccccc2I)c1)N1CCOCC1. The highest BCUT2D eigenvalue weighted by Gasteiger charge is 2.26. The second-order valence-electron chi connectivity index (χ2n) is 5.38. The Hall–Kier alpha value is -1.16. The van der Waals surface area contributed by atoms with Gasteiger partial charge in [-0.3, -0.25) is 0 Å².